The highest BCUT2D eigenvalue weighted by Gasteiger charge is 2.57. The molecule has 1 N–H and O–H groups in total. The first-order chi connectivity index (χ1) is 13.9. The van der Waals surface area contributed by atoms with Gasteiger partial charge in [-0.05, 0) is 80.4 Å². The number of nitrogens with one attached hydrogen (secondary N) is 1. The Hall–Kier alpha value is -1.91. The molecular formula is C22H27N3O3S. The number of nitrogens with zero attached hydrogens (tertiary/aromatic N) is 2. The number of nitriles is 1. The molecule has 3 unspecified atom stereocenters. The van der Waals surface area contributed by atoms with Gasteiger partial charge in [-0.15, -0.1) is 0 Å². The van der Waals surface area contributed by atoms with E-state index in [-0.39, 0.29) is 16.8 Å². The molecular weight excluding hydrogens is 386 g/mol. The highest BCUT2D eigenvalue weighted by Crippen LogP contribution is 2.63. The van der Waals surface area contributed by atoms with Crippen LogP contribution in [0.2, 0.25) is 0 Å². The lowest BCUT2D eigenvalue weighted by Gasteiger charge is -2.62. The van der Waals surface area contributed by atoms with Crippen LogP contribution in [0.25, 0.3) is 0 Å². The maximum absolute atomic E-state index is 13.2. The Labute approximate surface area is 172 Å². The normalized spacial score (nSPS) is 36.1. The number of amides is 1. The van der Waals surface area contributed by atoms with Gasteiger partial charge < -0.3 is 5.32 Å². The molecule has 3 atom stereocenters. The Morgan fingerprint density at radius 2 is 1.97 bits per heavy atom. The number of hydrogen-bond acceptors (Lipinski definition) is 4. The molecule has 0 radical (unpaired) electrons. The molecule has 5 fully saturated rings. The SMILES string of the molecule is N#Cc1cccc(S(=O)(=O)N2CCCC2C(=O)NC2C3CCCC4(C3)CC2C4)c1. The van der Waals surface area contributed by atoms with Gasteiger partial charge in [0.1, 0.15) is 6.04 Å². The van der Waals surface area contributed by atoms with Crippen molar-refractivity contribution in [2.24, 2.45) is 17.3 Å². The molecule has 1 aliphatic heterocycles. The minimum absolute atomic E-state index is 0.0879. The molecule has 1 saturated heterocycles. The standard InChI is InChI=1S/C22H27N3O3S/c23-14-15-4-1-6-18(10-15)29(27,28)25-9-3-7-19(25)21(26)24-20-16-5-2-8-22(11-16)12-17(20)13-22/h1,4,6,10,16-17,19-20H,2-3,5,7-9,11-13H2,(H,24,26). The molecule has 3 bridgehead atoms. The van der Waals surface area contributed by atoms with Gasteiger partial charge in [0, 0.05) is 12.6 Å². The lowest BCUT2D eigenvalue weighted by Crippen LogP contribution is -2.62. The minimum atomic E-state index is -3.81. The Bertz CT molecular complexity index is 977. The fraction of sp³-hybridized carbons (Fsp3) is 0.636. The first-order valence-electron chi connectivity index (χ1n) is 10.7. The molecule has 1 aromatic rings. The summed E-state index contributed by atoms with van der Waals surface area (Å²) >= 11 is 0. The molecule has 1 amide bonds. The predicted octanol–water partition coefficient (Wildman–Crippen LogP) is 2.80. The molecule has 1 heterocycles. The lowest BCUT2D eigenvalue weighted by molar-refractivity contribution is -0.134. The maximum atomic E-state index is 13.2. The summed E-state index contributed by atoms with van der Waals surface area (Å²) in [5.74, 6) is 0.980. The van der Waals surface area contributed by atoms with Crippen LogP contribution >= 0.6 is 0 Å². The molecule has 1 spiro atoms. The second-order valence-corrected chi connectivity index (χ2v) is 11.4. The third kappa shape index (κ3) is 3.08. The van der Waals surface area contributed by atoms with Gasteiger partial charge in [-0.3, -0.25) is 4.79 Å². The zero-order valence-electron chi connectivity index (χ0n) is 16.5. The minimum Gasteiger partial charge on any atom is -0.351 e. The summed E-state index contributed by atoms with van der Waals surface area (Å²) in [6.45, 7) is 0.345. The van der Waals surface area contributed by atoms with E-state index in [9.17, 15) is 13.2 Å². The molecule has 7 heteroatoms. The molecule has 5 aliphatic rings. The molecule has 6 nitrogen and oxygen atoms in total. The van der Waals surface area contributed by atoms with Crippen molar-refractivity contribution in [1.82, 2.24) is 9.62 Å². The van der Waals surface area contributed by atoms with E-state index in [4.69, 9.17) is 5.26 Å². The molecule has 6 rings (SSSR count). The second-order valence-electron chi connectivity index (χ2n) is 9.47. The van der Waals surface area contributed by atoms with Crippen LogP contribution in [0.5, 0.6) is 0 Å². The van der Waals surface area contributed by atoms with Crippen LogP contribution in [0.3, 0.4) is 0 Å². The van der Waals surface area contributed by atoms with E-state index in [1.165, 1.54) is 55.0 Å². The number of sulfonamides is 1. The fourth-order valence-electron chi connectivity index (χ4n) is 6.52. The van der Waals surface area contributed by atoms with E-state index in [1.54, 1.807) is 12.1 Å². The third-order valence-corrected chi connectivity index (χ3v) is 9.67. The van der Waals surface area contributed by atoms with Crippen molar-refractivity contribution in [2.75, 3.05) is 6.54 Å². The Morgan fingerprint density at radius 1 is 1.17 bits per heavy atom. The summed E-state index contributed by atoms with van der Waals surface area (Å²) in [6, 6.07) is 7.58. The second kappa shape index (κ2) is 6.82. The summed E-state index contributed by atoms with van der Waals surface area (Å²) in [4.78, 5) is 13.3. The van der Waals surface area contributed by atoms with Crippen LogP contribution in [-0.4, -0.2) is 37.3 Å². The van der Waals surface area contributed by atoms with Crippen LogP contribution in [0, 0.1) is 28.6 Å². The van der Waals surface area contributed by atoms with Crippen molar-refractivity contribution >= 4 is 15.9 Å². The van der Waals surface area contributed by atoms with Crippen LogP contribution in [-0.2, 0) is 14.8 Å². The van der Waals surface area contributed by atoms with Crippen molar-refractivity contribution in [3.05, 3.63) is 29.8 Å². The van der Waals surface area contributed by atoms with E-state index in [1.807, 2.05) is 6.07 Å². The molecule has 4 saturated carbocycles. The zero-order chi connectivity index (χ0) is 20.2. The number of carbonyl (C=O) groups is 1. The summed E-state index contributed by atoms with van der Waals surface area (Å²) in [7, 11) is -3.81. The molecule has 1 aromatic carbocycles. The predicted molar refractivity (Wildman–Crippen MR) is 107 cm³/mol. The largest absolute Gasteiger partial charge is 0.351 e. The van der Waals surface area contributed by atoms with Crippen LogP contribution < -0.4 is 5.32 Å². The van der Waals surface area contributed by atoms with Gasteiger partial charge in [-0.2, -0.15) is 9.57 Å². The Morgan fingerprint density at radius 3 is 2.76 bits per heavy atom. The summed E-state index contributed by atoms with van der Waals surface area (Å²) in [5, 5.41) is 12.4. The fourth-order valence-corrected chi connectivity index (χ4v) is 8.22. The summed E-state index contributed by atoms with van der Waals surface area (Å²) in [6.07, 6.45) is 8.67. The summed E-state index contributed by atoms with van der Waals surface area (Å²) < 4.78 is 27.7. The van der Waals surface area contributed by atoms with Crippen molar-refractivity contribution in [1.29, 1.82) is 5.26 Å². The molecule has 154 valence electrons. The average Bonchev–Trinajstić information content (AvgIpc) is 3.20. The lowest BCUT2D eigenvalue weighted by atomic mass is 9.45. The topological polar surface area (TPSA) is 90.3 Å². The third-order valence-electron chi connectivity index (χ3n) is 7.77. The van der Waals surface area contributed by atoms with Crippen molar-refractivity contribution in [2.45, 2.75) is 68.3 Å². The van der Waals surface area contributed by atoms with Gasteiger partial charge in [0.15, 0.2) is 0 Å². The van der Waals surface area contributed by atoms with Gasteiger partial charge in [0.05, 0.1) is 16.5 Å². The van der Waals surface area contributed by atoms with Crippen LogP contribution in [0.15, 0.2) is 29.2 Å². The van der Waals surface area contributed by atoms with E-state index >= 15 is 0 Å². The molecule has 4 aliphatic carbocycles. The van der Waals surface area contributed by atoms with E-state index in [0.29, 0.717) is 42.2 Å². The van der Waals surface area contributed by atoms with Gasteiger partial charge in [0.2, 0.25) is 15.9 Å². The first kappa shape index (κ1) is 19.1. The number of benzene rings is 1. The quantitative estimate of drug-likeness (QED) is 0.822. The molecule has 29 heavy (non-hydrogen) atoms. The van der Waals surface area contributed by atoms with E-state index in [2.05, 4.69) is 5.32 Å². The summed E-state index contributed by atoms with van der Waals surface area (Å²) in [5.41, 5.74) is 0.864. The van der Waals surface area contributed by atoms with E-state index in [0.717, 1.165) is 0 Å². The monoisotopic (exact) mass is 413 g/mol. The highest BCUT2D eigenvalue weighted by molar-refractivity contribution is 7.89. The van der Waals surface area contributed by atoms with Crippen LogP contribution in [0.4, 0.5) is 0 Å². The van der Waals surface area contributed by atoms with E-state index < -0.39 is 16.1 Å². The highest BCUT2D eigenvalue weighted by atomic mass is 32.2. The smallest absolute Gasteiger partial charge is 0.243 e. The maximum Gasteiger partial charge on any atom is 0.243 e. The van der Waals surface area contributed by atoms with Gasteiger partial charge in [-0.25, -0.2) is 8.42 Å². The number of hydrogen-bond donors (Lipinski definition) is 1. The Kier molecular flexibility index (Phi) is 4.48. The zero-order valence-corrected chi connectivity index (χ0v) is 17.3. The number of rotatable bonds is 4. The van der Waals surface area contributed by atoms with Crippen molar-refractivity contribution in [3.63, 3.8) is 0 Å². The van der Waals surface area contributed by atoms with Gasteiger partial charge >= 0.3 is 0 Å². The van der Waals surface area contributed by atoms with Crippen LogP contribution in [0.1, 0.15) is 56.9 Å². The molecule has 0 aromatic heterocycles. The first-order valence-corrected chi connectivity index (χ1v) is 12.2. The average molecular weight is 414 g/mol. The van der Waals surface area contributed by atoms with Crippen molar-refractivity contribution in [3.8, 4) is 6.07 Å². The van der Waals surface area contributed by atoms with Gasteiger partial charge in [0.25, 0.3) is 0 Å². The van der Waals surface area contributed by atoms with Gasteiger partial charge in [-0.1, -0.05) is 12.5 Å². The van der Waals surface area contributed by atoms with Crippen molar-refractivity contribution < 1.29 is 13.2 Å². The Balaban J connectivity index is 1.34. The number of carbonyl (C=O) groups excluding carboxylic acids is 1.